The number of methoxy groups -OCH3 is 2. The van der Waals surface area contributed by atoms with Crippen LogP contribution in [0.1, 0.15) is 66.2 Å². The Morgan fingerprint density at radius 2 is 1.80 bits per heavy atom. The zero-order valence-corrected chi connectivity index (χ0v) is 29.4. The Morgan fingerprint density at radius 3 is 2.48 bits per heavy atom. The van der Waals surface area contributed by atoms with Crippen molar-refractivity contribution in [2.75, 3.05) is 26.1 Å². The Bertz CT molecular complexity index is 2090. The number of nitrogens with zero attached hydrogens (tertiary/aromatic N) is 3. The van der Waals surface area contributed by atoms with Gasteiger partial charge in [-0.3, -0.25) is 9.59 Å². The van der Waals surface area contributed by atoms with E-state index in [-0.39, 0.29) is 17.4 Å². The molecule has 0 spiro atoms. The first-order chi connectivity index (χ1) is 24.0. The molecule has 1 saturated carbocycles. The van der Waals surface area contributed by atoms with E-state index >= 15 is 8.78 Å². The molecule has 0 saturated heterocycles. The van der Waals surface area contributed by atoms with E-state index in [1.54, 1.807) is 49.1 Å². The Hall–Kier alpha value is -4.42. The van der Waals surface area contributed by atoms with E-state index < -0.39 is 29.0 Å². The number of pyridine rings is 1. The standard InChI is InChI=1S/C38H40ClF2N5O4/c1-21-18-31-36(44-38(45(31)3)22(2)49-4)34(39)33(21)26-8-7-17-46-29(26)14-15-30(46)37(48)23-19-27(40)35(28(41)20-23)43-32(47)9-6-16-42-24-10-12-25(50-5)13-11-24/h6-9,14-15,17-20,22,24-25,42H,10-13,16H2,1-5H3,(H,43,47)/b9-6+/t22-,24?,25?/m1/s1. The lowest BCUT2D eigenvalue weighted by atomic mass is 9.93. The van der Waals surface area contributed by atoms with Crippen LogP contribution in [0.3, 0.4) is 0 Å². The van der Waals surface area contributed by atoms with Crippen LogP contribution in [-0.4, -0.2) is 58.6 Å². The van der Waals surface area contributed by atoms with Gasteiger partial charge in [0, 0.05) is 62.8 Å². The molecule has 6 rings (SSSR count). The zero-order chi connectivity index (χ0) is 35.7. The van der Waals surface area contributed by atoms with Gasteiger partial charge in [-0.25, -0.2) is 13.8 Å². The van der Waals surface area contributed by atoms with Gasteiger partial charge < -0.3 is 29.1 Å². The maximum absolute atomic E-state index is 15.2. The summed E-state index contributed by atoms with van der Waals surface area (Å²) in [6.45, 7) is 4.32. The number of ketones is 1. The number of imidazole rings is 1. The third-order valence-corrected chi connectivity index (χ3v) is 9.98. The molecule has 1 aliphatic carbocycles. The number of carbonyl (C=O) groups excluding carboxylic acids is 2. The number of aryl methyl sites for hydroxylation is 2. The summed E-state index contributed by atoms with van der Waals surface area (Å²) in [5.41, 5.74) is 3.97. The van der Waals surface area contributed by atoms with Gasteiger partial charge in [0.15, 0.2) is 0 Å². The molecule has 2 N–H and O–H groups in total. The van der Waals surface area contributed by atoms with Gasteiger partial charge in [0.05, 0.1) is 27.9 Å². The van der Waals surface area contributed by atoms with Crippen molar-refractivity contribution in [1.82, 2.24) is 19.3 Å². The number of ether oxygens (including phenoxy) is 2. The fourth-order valence-corrected chi connectivity index (χ4v) is 7.19. The molecule has 0 radical (unpaired) electrons. The Morgan fingerprint density at radius 1 is 1.08 bits per heavy atom. The summed E-state index contributed by atoms with van der Waals surface area (Å²) in [6.07, 6.45) is 8.51. The summed E-state index contributed by atoms with van der Waals surface area (Å²) in [4.78, 5) is 30.9. The molecule has 0 unspecified atom stereocenters. The summed E-state index contributed by atoms with van der Waals surface area (Å²) in [5.74, 6) is -2.65. The molecule has 2 aromatic carbocycles. The van der Waals surface area contributed by atoms with Crippen molar-refractivity contribution in [2.24, 2.45) is 7.05 Å². The fraction of sp³-hybridized carbons (Fsp3) is 0.342. The van der Waals surface area contributed by atoms with Gasteiger partial charge in [0.25, 0.3) is 0 Å². The van der Waals surface area contributed by atoms with E-state index in [1.165, 1.54) is 6.08 Å². The van der Waals surface area contributed by atoms with Crippen LogP contribution in [0.2, 0.25) is 5.02 Å². The minimum Gasteiger partial charge on any atom is -0.381 e. The summed E-state index contributed by atoms with van der Waals surface area (Å²) in [5, 5.41) is 6.09. The Balaban J connectivity index is 1.21. The van der Waals surface area contributed by atoms with Gasteiger partial charge in [-0.1, -0.05) is 23.7 Å². The minimum absolute atomic E-state index is 0.199. The van der Waals surface area contributed by atoms with E-state index in [4.69, 9.17) is 26.1 Å². The lowest BCUT2D eigenvalue weighted by molar-refractivity contribution is -0.112. The molecule has 262 valence electrons. The second-order valence-electron chi connectivity index (χ2n) is 12.7. The van der Waals surface area contributed by atoms with Crippen LogP contribution in [0.5, 0.6) is 0 Å². The number of benzene rings is 2. The quantitative estimate of drug-likeness (QED) is 0.108. The fourth-order valence-electron chi connectivity index (χ4n) is 6.80. The van der Waals surface area contributed by atoms with Gasteiger partial charge in [0.1, 0.15) is 34.8 Å². The first kappa shape index (κ1) is 35.4. The third kappa shape index (κ3) is 6.83. The number of rotatable bonds is 11. The highest BCUT2D eigenvalue weighted by Crippen LogP contribution is 2.40. The van der Waals surface area contributed by atoms with Gasteiger partial charge in [0.2, 0.25) is 11.7 Å². The molecular formula is C38H40ClF2N5O4. The first-order valence-corrected chi connectivity index (χ1v) is 17.0. The maximum Gasteiger partial charge on any atom is 0.248 e. The molecule has 3 aromatic heterocycles. The van der Waals surface area contributed by atoms with E-state index in [2.05, 4.69) is 10.6 Å². The van der Waals surface area contributed by atoms with Crippen LogP contribution >= 0.6 is 11.6 Å². The summed E-state index contributed by atoms with van der Waals surface area (Å²) >= 11 is 7.03. The molecule has 1 atom stereocenters. The number of aromatic nitrogens is 3. The number of halogens is 3. The summed E-state index contributed by atoms with van der Waals surface area (Å²) < 4.78 is 44.9. The second-order valence-corrected chi connectivity index (χ2v) is 13.1. The molecule has 5 aromatic rings. The molecule has 3 heterocycles. The normalized spacial score (nSPS) is 17.2. The van der Waals surface area contributed by atoms with Crippen molar-refractivity contribution >= 4 is 45.5 Å². The molecule has 0 aliphatic heterocycles. The second kappa shape index (κ2) is 14.8. The number of nitrogens with one attached hydrogen (secondary N) is 2. The van der Waals surface area contributed by atoms with E-state index in [0.717, 1.165) is 65.8 Å². The van der Waals surface area contributed by atoms with Crippen LogP contribution in [0.25, 0.3) is 27.7 Å². The van der Waals surface area contributed by atoms with E-state index in [0.29, 0.717) is 34.7 Å². The number of hydrogen-bond donors (Lipinski definition) is 2. The maximum atomic E-state index is 15.2. The van der Waals surface area contributed by atoms with Crippen molar-refractivity contribution in [2.45, 2.75) is 57.8 Å². The molecular weight excluding hydrogens is 664 g/mol. The lowest BCUT2D eigenvalue weighted by Crippen LogP contribution is -2.35. The average molecular weight is 704 g/mol. The average Bonchev–Trinajstić information content (AvgIpc) is 3.69. The SMILES string of the molecule is COC1CCC(NC/C=C/C(=O)Nc2c(F)cc(C(=O)c3ccc4c(-c5c(C)cc6c(nc([C@@H](C)OC)n6C)c5Cl)cccn34)cc2F)CC1. The van der Waals surface area contributed by atoms with Gasteiger partial charge in [-0.2, -0.15) is 0 Å². The van der Waals surface area contributed by atoms with Crippen LogP contribution in [0.4, 0.5) is 14.5 Å². The number of carbonyl (C=O) groups is 2. The zero-order valence-electron chi connectivity index (χ0n) is 28.6. The summed E-state index contributed by atoms with van der Waals surface area (Å²) in [6, 6.07) is 11.3. The smallest absolute Gasteiger partial charge is 0.248 e. The molecule has 12 heteroatoms. The van der Waals surface area contributed by atoms with E-state index in [1.807, 2.05) is 37.6 Å². The van der Waals surface area contributed by atoms with Crippen LogP contribution < -0.4 is 10.6 Å². The molecule has 9 nitrogen and oxygen atoms in total. The Labute approximate surface area is 294 Å². The molecule has 1 aliphatic rings. The predicted molar refractivity (Wildman–Crippen MR) is 191 cm³/mol. The highest BCUT2D eigenvalue weighted by molar-refractivity contribution is 6.38. The lowest BCUT2D eigenvalue weighted by Gasteiger charge is -2.27. The molecule has 1 amide bonds. The molecule has 1 fully saturated rings. The van der Waals surface area contributed by atoms with Crippen molar-refractivity contribution in [3.63, 3.8) is 0 Å². The Kier molecular flexibility index (Phi) is 10.5. The monoisotopic (exact) mass is 703 g/mol. The first-order valence-electron chi connectivity index (χ1n) is 16.6. The number of anilines is 1. The molecule has 50 heavy (non-hydrogen) atoms. The summed E-state index contributed by atoms with van der Waals surface area (Å²) in [7, 11) is 5.26. The van der Waals surface area contributed by atoms with Crippen molar-refractivity contribution in [3.8, 4) is 11.1 Å². The number of amides is 1. The van der Waals surface area contributed by atoms with Crippen molar-refractivity contribution < 1.29 is 27.8 Å². The van der Waals surface area contributed by atoms with Gasteiger partial charge in [-0.15, -0.1) is 0 Å². The highest BCUT2D eigenvalue weighted by Gasteiger charge is 2.24. The topological polar surface area (TPSA) is 98.9 Å². The van der Waals surface area contributed by atoms with Crippen molar-refractivity contribution in [1.29, 1.82) is 0 Å². The number of hydrogen-bond acceptors (Lipinski definition) is 6. The van der Waals surface area contributed by atoms with Crippen molar-refractivity contribution in [3.05, 3.63) is 100 Å². The van der Waals surface area contributed by atoms with Crippen LogP contribution in [0, 0.1) is 18.6 Å². The van der Waals surface area contributed by atoms with Gasteiger partial charge in [-0.05, 0) is 81.5 Å². The third-order valence-electron chi connectivity index (χ3n) is 9.61. The highest BCUT2D eigenvalue weighted by atomic mass is 35.5. The van der Waals surface area contributed by atoms with Crippen LogP contribution in [0.15, 0.2) is 60.8 Å². The molecule has 0 bridgehead atoms. The predicted octanol–water partition coefficient (Wildman–Crippen LogP) is 7.71. The van der Waals surface area contributed by atoms with Gasteiger partial charge >= 0.3 is 0 Å². The number of fused-ring (bicyclic) bond motifs is 2. The largest absolute Gasteiger partial charge is 0.381 e. The minimum atomic E-state index is -1.06. The van der Waals surface area contributed by atoms with Crippen LogP contribution in [-0.2, 0) is 21.3 Å². The van der Waals surface area contributed by atoms with E-state index in [9.17, 15) is 9.59 Å².